The number of hydrogen-bond acceptors (Lipinski definition) is 8. The number of anilines is 1. The highest BCUT2D eigenvalue weighted by atomic mass is 79.9. The summed E-state index contributed by atoms with van der Waals surface area (Å²) in [7, 11) is 0. The van der Waals surface area contributed by atoms with E-state index in [4.69, 9.17) is 4.74 Å². The maximum Gasteiger partial charge on any atom is 0.350 e. The zero-order valence-electron chi connectivity index (χ0n) is 18.3. The molecular formula is C23H19BrN4O4S2. The molecular weight excluding hydrogens is 540 g/mol. The summed E-state index contributed by atoms with van der Waals surface area (Å²) in [5.74, 6) is -0.991. The molecule has 4 rings (SSSR count). The fourth-order valence-electron chi connectivity index (χ4n) is 3.37. The third kappa shape index (κ3) is 4.86. The average molecular weight is 559 g/mol. The van der Waals surface area contributed by atoms with Crippen LogP contribution in [0.25, 0.3) is 21.3 Å². The predicted molar refractivity (Wildman–Crippen MR) is 138 cm³/mol. The molecule has 0 bridgehead atoms. The van der Waals surface area contributed by atoms with Gasteiger partial charge in [0.1, 0.15) is 22.9 Å². The number of fused-ring (bicyclic) bond motifs is 1. The fourth-order valence-corrected chi connectivity index (χ4v) is 5.51. The molecule has 3 aromatic heterocycles. The summed E-state index contributed by atoms with van der Waals surface area (Å²) in [6, 6.07) is 7.70. The summed E-state index contributed by atoms with van der Waals surface area (Å²) in [4.78, 5) is 48.6. The van der Waals surface area contributed by atoms with E-state index in [1.54, 1.807) is 6.92 Å². The van der Waals surface area contributed by atoms with Crippen molar-refractivity contribution in [3.8, 4) is 11.1 Å². The summed E-state index contributed by atoms with van der Waals surface area (Å²) in [6.45, 7) is 6.95. The summed E-state index contributed by atoms with van der Waals surface area (Å²) >= 11 is 5.88. The van der Waals surface area contributed by atoms with Gasteiger partial charge in [-0.3, -0.25) is 14.2 Å². The molecule has 0 fully saturated rings. The standard InChI is InChI=1S/C23H19BrN4O4S2/c1-4-9-32-22(31)19-12(2)26-23(34-19)27-16(29)10-28-11-25-20-18(21(28)30)17(13(3)33-20)14-5-7-15(24)8-6-14/h4-8,11H,1,9-10H2,2-3H3,(H,26,27,29). The van der Waals surface area contributed by atoms with E-state index in [1.807, 2.05) is 31.2 Å². The zero-order chi connectivity index (χ0) is 24.4. The number of amides is 1. The van der Waals surface area contributed by atoms with Gasteiger partial charge in [-0.25, -0.2) is 14.8 Å². The smallest absolute Gasteiger partial charge is 0.350 e. The molecule has 0 atom stereocenters. The van der Waals surface area contributed by atoms with Crippen LogP contribution < -0.4 is 10.9 Å². The van der Waals surface area contributed by atoms with Crippen LogP contribution in [0.4, 0.5) is 5.13 Å². The second-order valence-corrected chi connectivity index (χ2v) is 10.4. The Balaban J connectivity index is 1.59. The molecule has 1 N–H and O–H groups in total. The lowest BCUT2D eigenvalue weighted by Gasteiger charge is -2.07. The molecule has 0 aliphatic heterocycles. The van der Waals surface area contributed by atoms with Crippen LogP contribution in [0.2, 0.25) is 0 Å². The molecule has 34 heavy (non-hydrogen) atoms. The zero-order valence-corrected chi connectivity index (χ0v) is 21.5. The van der Waals surface area contributed by atoms with Crippen LogP contribution in [0, 0.1) is 13.8 Å². The van der Waals surface area contributed by atoms with E-state index in [-0.39, 0.29) is 23.8 Å². The molecule has 1 aromatic carbocycles. The largest absolute Gasteiger partial charge is 0.457 e. The van der Waals surface area contributed by atoms with Gasteiger partial charge in [-0.05, 0) is 31.5 Å². The summed E-state index contributed by atoms with van der Waals surface area (Å²) < 4.78 is 7.24. The quantitative estimate of drug-likeness (QED) is 0.254. The minimum Gasteiger partial charge on any atom is -0.457 e. The van der Waals surface area contributed by atoms with Gasteiger partial charge in [-0.2, -0.15) is 0 Å². The fraction of sp³-hybridized carbons (Fsp3) is 0.174. The third-order valence-corrected chi connectivity index (χ3v) is 7.46. The van der Waals surface area contributed by atoms with Crippen LogP contribution in [0.15, 0.2) is 52.5 Å². The lowest BCUT2D eigenvalue weighted by atomic mass is 10.0. The number of halogens is 1. The van der Waals surface area contributed by atoms with Gasteiger partial charge in [0, 0.05) is 14.9 Å². The topological polar surface area (TPSA) is 103 Å². The second-order valence-electron chi connectivity index (χ2n) is 7.27. The first-order valence-electron chi connectivity index (χ1n) is 10.1. The van der Waals surface area contributed by atoms with Gasteiger partial charge in [0.25, 0.3) is 5.56 Å². The number of rotatable bonds is 7. The Morgan fingerprint density at radius 2 is 1.97 bits per heavy atom. The lowest BCUT2D eigenvalue weighted by molar-refractivity contribution is -0.116. The Bertz CT molecular complexity index is 1470. The molecule has 3 heterocycles. The van der Waals surface area contributed by atoms with Crippen molar-refractivity contribution in [3.63, 3.8) is 0 Å². The van der Waals surface area contributed by atoms with Crippen molar-refractivity contribution in [2.45, 2.75) is 20.4 Å². The van der Waals surface area contributed by atoms with Crippen LogP contribution in [0.3, 0.4) is 0 Å². The van der Waals surface area contributed by atoms with Crippen molar-refractivity contribution in [1.82, 2.24) is 14.5 Å². The van der Waals surface area contributed by atoms with Gasteiger partial charge in [0.15, 0.2) is 5.13 Å². The lowest BCUT2D eigenvalue weighted by Crippen LogP contribution is -2.27. The van der Waals surface area contributed by atoms with Crippen molar-refractivity contribution in [2.24, 2.45) is 0 Å². The number of hydrogen-bond donors (Lipinski definition) is 1. The Morgan fingerprint density at radius 3 is 2.68 bits per heavy atom. The Labute approximate surface area is 211 Å². The predicted octanol–water partition coefficient (Wildman–Crippen LogP) is 4.94. The number of benzene rings is 1. The number of carbonyl (C=O) groups is 2. The number of ether oxygens (including phenoxy) is 1. The highest BCUT2D eigenvalue weighted by Gasteiger charge is 2.20. The van der Waals surface area contributed by atoms with Crippen molar-refractivity contribution in [1.29, 1.82) is 0 Å². The van der Waals surface area contributed by atoms with Crippen molar-refractivity contribution >= 4 is 65.8 Å². The number of thiazole rings is 1. The normalized spacial score (nSPS) is 10.9. The van der Waals surface area contributed by atoms with E-state index < -0.39 is 11.9 Å². The molecule has 0 unspecified atom stereocenters. The summed E-state index contributed by atoms with van der Waals surface area (Å²) in [6.07, 6.45) is 2.84. The molecule has 0 aliphatic rings. The van der Waals surface area contributed by atoms with E-state index in [2.05, 4.69) is 37.8 Å². The maximum atomic E-state index is 13.3. The van der Waals surface area contributed by atoms with Gasteiger partial charge >= 0.3 is 5.97 Å². The minimum atomic E-state index is -0.533. The first-order chi connectivity index (χ1) is 16.3. The summed E-state index contributed by atoms with van der Waals surface area (Å²) in [5.41, 5.74) is 1.87. The number of nitrogens with one attached hydrogen (secondary N) is 1. The number of nitrogens with zero attached hydrogens (tertiary/aromatic N) is 3. The van der Waals surface area contributed by atoms with Crippen LogP contribution in [-0.4, -0.2) is 33.0 Å². The number of aromatic nitrogens is 3. The SMILES string of the molecule is C=CCOC(=O)c1sc(NC(=O)Cn2cnc3sc(C)c(-c4ccc(Br)cc4)c3c2=O)nc1C. The molecule has 0 spiro atoms. The minimum absolute atomic E-state index is 0.0839. The van der Waals surface area contributed by atoms with Crippen LogP contribution in [0.1, 0.15) is 20.2 Å². The van der Waals surface area contributed by atoms with Gasteiger partial charge in [-0.15, -0.1) is 11.3 Å². The molecule has 0 radical (unpaired) electrons. The molecule has 0 aliphatic carbocycles. The number of esters is 1. The summed E-state index contributed by atoms with van der Waals surface area (Å²) in [5, 5.41) is 3.38. The highest BCUT2D eigenvalue weighted by Crippen LogP contribution is 2.35. The number of thiophene rings is 1. The first kappa shape index (κ1) is 24.0. The maximum absolute atomic E-state index is 13.3. The van der Waals surface area contributed by atoms with Crippen molar-refractivity contribution < 1.29 is 14.3 Å². The molecule has 11 heteroatoms. The molecule has 0 saturated carbocycles. The van der Waals surface area contributed by atoms with Crippen LogP contribution in [-0.2, 0) is 16.1 Å². The van der Waals surface area contributed by atoms with Crippen molar-refractivity contribution in [3.05, 3.63) is 73.5 Å². The molecule has 4 aromatic rings. The molecule has 0 saturated heterocycles. The Hall–Kier alpha value is -3.15. The third-order valence-electron chi connectivity index (χ3n) is 4.86. The number of aryl methyl sites for hydroxylation is 2. The van der Waals surface area contributed by atoms with Crippen molar-refractivity contribution in [2.75, 3.05) is 11.9 Å². The molecule has 1 amide bonds. The van der Waals surface area contributed by atoms with Gasteiger partial charge < -0.3 is 10.1 Å². The van der Waals surface area contributed by atoms with E-state index in [0.717, 1.165) is 31.8 Å². The molecule has 8 nitrogen and oxygen atoms in total. The van der Waals surface area contributed by atoms with E-state index in [9.17, 15) is 14.4 Å². The van der Waals surface area contributed by atoms with E-state index >= 15 is 0 Å². The average Bonchev–Trinajstić information content (AvgIpc) is 3.33. The highest BCUT2D eigenvalue weighted by molar-refractivity contribution is 9.10. The van der Waals surface area contributed by atoms with E-state index in [0.29, 0.717) is 20.8 Å². The van der Waals surface area contributed by atoms with Gasteiger partial charge in [0.05, 0.1) is 17.4 Å². The van der Waals surface area contributed by atoms with Gasteiger partial charge in [0.2, 0.25) is 5.91 Å². The van der Waals surface area contributed by atoms with Crippen LogP contribution >= 0.6 is 38.6 Å². The second kappa shape index (κ2) is 10.00. The van der Waals surface area contributed by atoms with Gasteiger partial charge in [-0.1, -0.05) is 52.1 Å². The van der Waals surface area contributed by atoms with Crippen LogP contribution in [0.5, 0.6) is 0 Å². The molecule has 174 valence electrons. The Kier molecular flexibility index (Phi) is 7.05. The number of carbonyl (C=O) groups excluding carboxylic acids is 2. The Morgan fingerprint density at radius 1 is 1.24 bits per heavy atom. The van der Waals surface area contributed by atoms with E-state index in [1.165, 1.54) is 28.3 Å². The monoisotopic (exact) mass is 558 g/mol. The first-order valence-corrected chi connectivity index (χ1v) is 12.5.